The molecule has 3 aromatic rings. The fourth-order valence-corrected chi connectivity index (χ4v) is 3.22. The predicted octanol–water partition coefficient (Wildman–Crippen LogP) is 4.02. The SMILES string of the molecule is Cc1ccc(-c2cnc3c(c2)N(Cc2cccc(C#N)c2)C(=O)C3)cc1. The normalized spacial score (nSPS) is 12.8. The van der Waals surface area contributed by atoms with Crippen LogP contribution in [0.1, 0.15) is 22.4 Å². The Morgan fingerprint density at radius 1 is 1.12 bits per heavy atom. The number of aryl methyl sites for hydroxylation is 1. The van der Waals surface area contributed by atoms with Crippen molar-refractivity contribution in [2.24, 2.45) is 0 Å². The van der Waals surface area contributed by atoms with E-state index in [4.69, 9.17) is 5.26 Å². The molecule has 0 unspecified atom stereocenters. The molecule has 26 heavy (non-hydrogen) atoms. The molecule has 0 saturated carbocycles. The van der Waals surface area contributed by atoms with E-state index < -0.39 is 0 Å². The second-order valence-corrected chi connectivity index (χ2v) is 6.52. The van der Waals surface area contributed by atoms with Gasteiger partial charge in [-0.05, 0) is 36.2 Å². The Bertz CT molecular complexity index is 1030. The summed E-state index contributed by atoms with van der Waals surface area (Å²) in [5, 5.41) is 9.07. The second-order valence-electron chi connectivity index (χ2n) is 6.52. The quantitative estimate of drug-likeness (QED) is 0.724. The zero-order chi connectivity index (χ0) is 18.1. The zero-order valence-electron chi connectivity index (χ0n) is 14.4. The first-order valence-corrected chi connectivity index (χ1v) is 8.49. The van der Waals surface area contributed by atoms with Gasteiger partial charge in [-0.2, -0.15) is 5.26 Å². The van der Waals surface area contributed by atoms with Gasteiger partial charge in [0.05, 0.1) is 36.0 Å². The van der Waals surface area contributed by atoms with Crippen LogP contribution in [0.4, 0.5) is 5.69 Å². The highest BCUT2D eigenvalue weighted by atomic mass is 16.2. The standard InChI is InChI=1S/C22H17N3O/c1-15-5-7-18(8-6-15)19-10-21-20(24-13-19)11-22(26)25(21)14-17-4-2-3-16(9-17)12-23/h2-10,13H,11,14H2,1H3. The molecule has 4 nitrogen and oxygen atoms in total. The highest BCUT2D eigenvalue weighted by molar-refractivity contribution is 6.01. The van der Waals surface area contributed by atoms with Crippen LogP contribution >= 0.6 is 0 Å². The first kappa shape index (κ1) is 16.0. The van der Waals surface area contributed by atoms with Crippen LogP contribution in [-0.2, 0) is 17.8 Å². The van der Waals surface area contributed by atoms with Crippen LogP contribution in [0.2, 0.25) is 0 Å². The van der Waals surface area contributed by atoms with Crippen molar-refractivity contribution >= 4 is 11.6 Å². The van der Waals surface area contributed by atoms with E-state index in [-0.39, 0.29) is 5.91 Å². The number of fused-ring (bicyclic) bond motifs is 1. The summed E-state index contributed by atoms with van der Waals surface area (Å²) in [6.45, 7) is 2.50. The average molecular weight is 339 g/mol. The maximum absolute atomic E-state index is 12.5. The summed E-state index contributed by atoms with van der Waals surface area (Å²) in [4.78, 5) is 18.8. The molecule has 0 N–H and O–H groups in total. The molecule has 0 atom stereocenters. The van der Waals surface area contributed by atoms with Crippen molar-refractivity contribution in [1.82, 2.24) is 4.98 Å². The molecule has 1 aliphatic heterocycles. The van der Waals surface area contributed by atoms with E-state index in [1.165, 1.54) is 5.56 Å². The average Bonchev–Trinajstić information content (AvgIpc) is 2.97. The van der Waals surface area contributed by atoms with Gasteiger partial charge in [-0.3, -0.25) is 9.78 Å². The summed E-state index contributed by atoms with van der Waals surface area (Å²) in [7, 11) is 0. The Labute approximate surface area is 152 Å². The predicted molar refractivity (Wildman–Crippen MR) is 100 cm³/mol. The first-order chi connectivity index (χ1) is 12.6. The van der Waals surface area contributed by atoms with Crippen molar-refractivity contribution in [3.8, 4) is 17.2 Å². The molecule has 0 aliphatic carbocycles. The number of rotatable bonds is 3. The van der Waals surface area contributed by atoms with E-state index in [1.807, 2.05) is 30.5 Å². The van der Waals surface area contributed by atoms with Gasteiger partial charge >= 0.3 is 0 Å². The first-order valence-electron chi connectivity index (χ1n) is 8.49. The smallest absolute Gasteiger partial charge is 0.233 e. The van der Waals surface area contributed by atoms with Gasteiger partial charge in [-0.1, -0.05) is 42.0 Å². The molecule has 0 spiro atoms. The van der Waals surface area contributed by atoms with Crippen LogP contribution in [0.15, 0.2) is 60.8 Å². The molecule has 0 saturated heterocycles. The molecular weight excluding hydrogens is 322 g/mol. The minimum atomic E-state index is 0.0379. The number of nitrogens with zero attached hydrogens (tertiary/aromatic N) is 3. The summed E-state index contributed by atoms with van der Waals surface area (Å²) in [5.74, 6) is 0.0379. The fraction of sp³-hybridized carbons (Fsp3) is 0.136. The lowest BCUT2D eigenvalue weighted by atomic mass is 10.0. The highest BCUT2D eigenvalue weighted by Crippen LogP contribution is 2.33. The van der Waals surface area contributed by atoms with Crippen LogP contribution in [-0.4, -0.2) is 10.9 Å². The molecule has 2 heterocycles. The summed E-state index contributed by atoms with van der Waals surface area (Å²) >= 11 is 0. The van der Waals surface area contributed by atoms with Crippen LogP contribution in [0, 0.1) is 18.3 Å². The van der Waals surface area contributed by atoms with E-state index in [2.05, 4.69) is 42.2 Å². The van der Waals surface area contributed by atoms with Gasteiger partial charge in [0.1, 0.15) is 0 Å². The van der Waals surface area contributed by atoms with Crippen molar-refractivity contribution in [1.29, 1.82) is 5.26 Å². The number of nitriles is 1. The van der Waals surface area contributed by atoms with Gasteiger partial charge in [0.2, 0.25) is 5.91 Å². The third-order valence-electron chi connectivity index (χ3n) is 4.64. The van der Waals surface area contributed by atoms with Crippen molar-refractivity contribution in [2.45, 2.75) is 19.9 Å². The van der Waals surface area contributed by atoms with E-state index in [1.54, 1.807) is 11.0 Å². The van der Waals surface area contributed by atoms with Crippen molar-refractivity contribution in [3.63, 3.8) is 0 Å². The maximum atomic E-state index is 12.5. The number of aromatic nitrogens is 1. The van der Waals surface area contributed by atoms with Gasteiger partial charge in [0.25, 0.3) is 0 Å². The number of hydrogen-bond acceptors (Lipinski definition) is 3. The molecule has 1 aliphatic rings. The summed E-state index contributed by atoms with van der Waals surface area (Å²) in [6, 6.07) is 19.8. The lowest BCUT2D eigenvalue weighted by Crippen LogP contribution is -2.26. The molecule has 2 aromatic carbocycles. The zero-order valence-corrected chi connectivity index (χ0v) is 14.4. The molecule has 0 bridgehead atoms. The monoisotopic (exact) mass is 339 g/mol. The van der Waals surface area contributed by atoms with Crippen LogP contribution < -0.4 is 4.90 Å². The second kappa shape index (κ2) is 6.45. The highest BCUT2D eigenvalue weighted by Gasteiger charge is 2.29. The summed E-state index contributed by atoms with van der Waals surface area (Å²) in [5.41, 5.74) is 6.48. The Morgan fingerprint density at radius 3 is 2.69 bits per heavy atom. The molecule has 4 heteroatoms. The summed E-state index contributed by atoms with van der Waals surface area (Å²) in [6.07, 6.45) is 2.15. The van der Waals surface area contributed by atoms with Crippen molar-refractivity contribution < 1.29 is 4.79 Å². The lowest BCUT2D eigenvalue weighted by Gasteiger charge is -2.18. The number of anilines is 1. The van der Waals surface area contributed by atoms with Gasteiger partial charge in [0, 0.05) is 11.8 Å². The maximum Gasteiger partial charge on any atom is 0.233 e. The van der Waals surface area contributed by atoms with Gasteiger partial charge in [-0.25, -0.2) is 0 Å². The van der Waals surface area contributed by atoms with Crippen molar-refractivity contribution in [2.75, 3.05) is 4.90 Å². The number of carbonyl (C=O) groups excluding carboxylic acids is 1. The molecular formula is C22H17N3O. The number of hydrogen-bond donors (Lipinski definition) is 0. The summed E-state index contributed by atoms with van der Waals surface area (Å²) < 4.78 is 0. The fourth-order valence-electron chi connectivity index (χ4n) is 3.22. The third-order valence-corrected chi connectivity index (χ3v) is 4.64. The molecule has 126 valence electrons. The number of carbonyl (C=O) groups is 1. The Morgan fingerprint density at radius 2 is 1.92 bits per heavy atom. The Hall–Kier alpha value is -3.45. The van der Waals surface area contributed by atoms with Gasteiger partial charge in [-0.15, -0.1) is 0 Å². The molecule has 1 amide bonds. The molecule has 0 radical (unpaired) electrons. The van der Waals surface area contributed by atoms with Gasteiger partial charge in [0.15, 0.2) is 0 Å². The molecule has 1 aromatic heterocycles. The minimum Gasteiger partial charge on any atom is -0.306 e. The molecule has 0 fully saturated rings. The minimum absolute atomic E-state index is 0.0379. The van der Waals surface area contributed by atoms with Crippen LogP contribution in [0.5, 0.6) is 0 Å². The molecule has 4 rings (SSSR count). The largest absolute Gasteiger partial charge is 0.306 e. The van der Waals surface area contributed by atoms with E-state index in [0.29, 0.717) is 18.5 Å². The van der Waals surface area contributed by atoms with Gasteiger partial charge < -0.3 is 4.90 Å². The number of benzene rings is 2. The van der Waals surface area contributed by atoms with E-state index >= 15 is 0 Å². The Kier molecular flexibility index (Phi) is 3.98. The van der Waals surface area contributed by atoms with Crippen molar-refractivity contribution in [3.05, 3.63) is 83.2 Å². The number of amides is 1. The Balaban J connectivity index is 1.69. The van der Waals surface area contributed by atoms with Crippen LogP contribution in [0.3, 0.4) is 0 Å². The lowest BCUT2D eigenvalue weighted by molar-refractivity contribution is -0.117. The number of pyridine rings is 1. The topological polar surface area (TPSA) is 57.0 Å². The third kappa shape index (κ3) is 2.96. The van der Waals surface area contributed by atoms with Crippen LogP contribution in [0.25, 0.3) is 11.1 Å². The van der Waals surface area contributed by atoms with E-state index in [9.17, 15) is 4.79 Å². The van der Waals surface area contributed by atoms with E-state index in [0.717, 1.165) is 28.1 Å².